The number of nitrogens with zero attached hydrogens (tertiary/aromatic N) is 2. The summed E-state index contributed by atoms with van der Waals surface area (Å²) in [5.74, 6) is 0.0641. The number of fused-ring (bicyclic) bond motifs is 1. The van der Waals surface area contributed by atoms with Crippen LogP contribution >= 0.6 is 11.6 Å². The first-order chi connectivity index (χ1) is 8.49. The van der Waals surface area contributed by atoms with Crippen molar-refractivity contribution in [1.29, 1.82) is 0 Å². The largest absolute Gasteiger partial charge is 0.334 e. The van der Waals surface area contributed by atoms with E-state index in [2.05, 4.69) is 4.98 Å². The number of halogens is 1. The van der Waals surface area contributed by atoms with Crippen molar-refractivity contribution in [2.45, 2.75) is 25.8 Å². The Morgan fingerprint density at radius 1 is 1.61 bits per heavy atom. The molecule has 0 amide bonds. The summed E-state index contributed by atoms with van der Waals surface area (Å²) in [6, 6.07) is 1.58. The van der Waals surface area contributed by atoms with Gasteiger partial charge < -0.3 is 10.3 Å². The first kappa shape index (κ1) is 13.1. The number of hydrogen-bond donors (Lipinski definition) is 1. The van der Waals surface area contributed by atoms with Gasteiger partial charge in [-0.1, -0.05) is 11.6 Å². The smallest absolute Gasteiger partial charge is 0.149 e. The third-order valence-corrected chi connectivity index (χ3v) is 3.29. The summed E-state index contributed by atoms with van der Waals surface area (Å²) in [6.07, 6.45) is 4.70. The van der Waals surface area contributed by atoms with Gasteiger partial charge in [0.1, 0.15) is 11.4 Å². The third-order valence-electron chi connectivity index (χ3n) is 2.99. The highest BCUT2D eigenvalue weighted by Gasteiger charge is 2.10. The highest BCUT2D eigenvalue weighted by molar-refractivity contribution is 6.35. The van der Waals surface area contributed by atoms with Gasteiger partial charge in [-0.2, -0.15) is 0 Å². The molecule has 96 valence electrons. The zero-order valence-electron chi connectivity index (χ0n) is 10.5. The molecule has 0 spiro atoms. The maximum absolute atomic E-state index is 11.5. The van der Waals surface area contributed by atoms with Crippen molar-refractivity contribution in [3.63, 3.8) is 0 Å². The van der Waals surface area contributed by atoms with Crippen LogP contribution in [0.1, 0.15) is 18.9 Å². The number of hydrogen-bond acceptors (Lipinski definition) is 3. The van der Waals surface area contributed by atoms with Crippen molar-refractivity contribution in [2.24, 2.45) is 12.8 Å². The summed E-state index contributed by atoms with van der Waals surface area (Å²) in [5, 5.41) is 1.60. The van der Waals surface area contributed by atoms with E-state index < -0.39 is 6.04 Å². The van der Waals surface area contributed by atoms with Crippen LogP contribution in [-0.2, 0) is 18.3 Å². The highest BCUT2D eigenvalue weighted by Crippen LogP contribution is 2.24. The van der Waals surface area contributed by atoms with Crippen molar-refractivity contribution in [1.82, 2.24) is 9.55 Å². The lowest BCUT2D eigenvalue weighted by Gasteiger charge is -2.04. The van der Waals surface area contributed by atoms with Gasteiger partial charge in [-0.25, -0.2) is 4.98 Å². The van der Waals surface area contributed by atoms with Gasteiger partial charge in [0.2, 0.25) is 0 Å². The molecule has 0 aromatic carbocycles. The molecule has 2 N–H and O–H groups in total. The predicted molar refractivity (Wildman–Crippen MR) is 72.7 cm³/mol. The fourth-order valence-corrected chi connectivity index (χ4v) is 2.18. The molecule has 2 aromatic rings. The van der Waals surface area contributed by atoms with Gasteiger partial charge in [-0.3, -0.25) is 4.79 Å². The lowest BCUT2D eigenvalue weighted by atomic mass is 10.1. The average Bonchev–Trinajstić information content (AvgIpc) is 2.61. The normalized spacial score (nSPS) is 12.9. The van der Waals surface area contributed by atoms with Crippen LogP contribution in [0.5, 0.6) is 0 Å². The van der Waals surface area contributed by atoms with Gasteiger partial charge in [-0.15, -0.1) is 0 Å². The molecule has 1 atom stereocenters. The molecule has 0 unspecified atom stereocenters. The van der Waals surface area contributed by atoms with Crippen LogP contribution in [0.2, 0.25) is 5.02 Å². The minimum atomic E-state index is -0.401. The summed E-state index contributed by atoms with van der Waals surface area (Å²) < 4.78 is 1.88. The number of carbonyl (C=O) groups excluding carboxylic acids is 1. The molecule has 0 bridgehead atoms. The molecule has 2 aromatic heterocycles. The molecule has 5 heteroatoms. The second-order valence-corrected chi connectivity index (χ2v) is 4.96. The predicted octanol–water partition coefficient (Wildman–Crippen LogP) is 2.08. The lowest BCUT2D eigenvalue weighted by molar-refractivity contribution is -0.119. The van der Waals surface area contributed by atoms with Gasteiger partial charge >= 0.3 is 0 Å². The number of rotatable bonds is 4. The van der Waals surface area contributed by atoms with E-state index in [1.165, 1.54) is 0 Å². The zero-order chi connectivity index (χ0) is 13.3. The molecule has 0 fully saturated rings. The van der Waals surface area contributed by atoms with Crippen LogP contribution in [0.15, 0.2) is 18.5 Å². The molecule has 0 aliphatic heterocycles. The standard InChI is InChI=1S/C13H16ClN3O/c1-8(15)12(18)4-3-9-5-10-11(14)7-17(2)13(10)16-6-9/h5-8H,3-4,15H2,1-2H3/t8-/m0/s1. The van der Waals surface area contributed by atoms with Crippen LogP contribution in [0.3, 0.4) is 0 Å². The molecule has 4 nitrogen and oxygen atoms in total. The number of pyridine rings is 1. The van der Waals surface area contributed by atoms with E-state index in [0.29, 0.717) is 17.9 Å². The van der Waals surface area contributed by atoms with E-state index >= 15 is 0 Å². The van der Waals surface area contributed by atoms with Crippen molar-refractivity contribution in [2.75, 3.05) is 0 Å². The molecule has 0 aliphatic carbocycles. The summed E-state index contributed by atoms with van der Waals surface area (Å²) >= 11 is 6.12. The van der Waals surface area contributed by atoms with Gasteiger partial charge in [-0.05, 0) is 25.0 Å². The second-order valence-electron chi connectivity index (χ2n) is 4.56. The Bertz CT molecular complexity index is 589. The fourth-order valence-electron chi connectivity index (χ4n) is 1.89. The summed E-state index contributed by atoms with van der Waals surface area (Å²) in [4.78, 5) is 15.8. The van der Waals surface area contributed by atoms with Crippen LogP contribution in [0.25, 0.3) is 11.0 Å². The first-order valence-electron chi connectivity index (χ1n) is 5.87. The zero-order valence-corrected chi connectivity index (χ0v) is 11.2. The number of aromatic nitrogens is 2. The molecule has 0 aliphatic rings. The van der Waals surface area contributed by atoms with E-state index in [1.807, 2.05) is 23.9 Å². The lowest BCUT2D eigenvalue weighted by Crippen LogP contribution is -2.26. The number of Topliss-reactive ketones (excluding diaryl/α,β-unsaturated/α-hetero) is 1. The monoisotopic (exact) mass is 265 g/mol. The van der Waals surface area contributed by atoms with Gasteiger partial charge in [0.15, 0.2) is 0 Å². The van der Waals surface area contributed by atoms with E-state index in [-0.39, 0.29) is 5.78 Å². The van der Waals surface area contributed by atoms with Gasteiger partial charge in [0, 0.05) is 31.2 Å². The topological polar surface area (TPSA) is 60.9 Å². The Kier molecular flexibility index (Phi) is 3.68. The second kappa shape index (κ2) is 5.08. The number of carbonyl (C=O) groups is 1. The molecular formula is C13H16ClN3O. The Morgan fingerprint density at radius 3 is 3.00 bits per heavy atom. The molecule has 0 radical (unpaired) electrons. The number of nitrogens with two attached hydrogens (primary N) is 1. The van der Waals surface area contributed by atoms with E-state index in [0.717, 1.165) is 16.6 Å². The molecular weight excluding hydrogens is 250 g/mol. The SMILES string of the molecule is C[C@H](N)C(=O)CCc1cnc2c(c1)c(Cl)cn2C. The van der Waals surface area contributed by atoms with Crippen molar-refractivity contribution < 1.29 is 4.79 Å². The minimum Gasteiger partial charge on any atom is -0.334 e. The molecule has 0 saturated heterocycles. The number of ketones is 1. The molecule has 18 heavy (non-hydrogen) atoms. The van der Waals surface area contributed by atoms with Crippen LogP contribution < -0.4 is 5.73 Å². The quantitative estimate of drug-likeness (QED) is 0.921. The third kappa shape index (κ3) is 2.54. The molecule has 0 saturated carbocycles. The Labute approximate surface area is 111 Å². The molecule has 2 rings (SSSR count). The highest BCUT2D eigenvalue weighted by atomic mass is 35.5. The maximum Gasteiger partial charge on any atom is 0.149 e. The Balaban J connectivity index is 2.20. The van der Waals surface area contributed by atoms with Crippen molar-refractivity contribution >= 4 is 28.4 Å². The fraction of sp³-hybridized carbons (Fsp3) is 0.385. The minimum absolute atomic E-state index is 0.0641. The van der Waals surface area contributed by atoms with E-state index in [1.54, 1.807) is 13.1 Å². The van der Waals surface area contributed by atoms with E-state index in [9.17, 15) is 4.79 Å². The van der Waals surface area contributed by atoms with Crippen LogP contribution in [0, 0.1) is 0 Å². The van der Waals surface area contributed by atoms with Crippen molar-refractivity contribution in [3.05, 3.63) is 29.0 Å². The van der Waals surface area contributed by atoms with Crippen LogP contribution in [0.4, 0.5) is 0 Å². The summed E-state index contributed by atoms with van der Waals surface area (Å²) in [7, 11) is 1.90. The van der Waals surface area contributed by atoms with E-state index in [4.69, 9.17) is 17.3 Å². The van der Waals surface area contributed by atoms with Crippen molar-refractivity contribution in [3.8, 4) is 0 Å². The van der Waals surface area contributed by atoms with Gasteiger partial charge in [0.05, 0.1) is 11.1 Å². The maximum atomic E-state index is 11.5. The Hall–Kier alpha value is -1.39. The number of aryl methyl sites for hydroxylation is 2. The molecule has 2 heterocycles. The summed E-state index contributed by atoms with van der Waals surface area (Å²) in [6.45, 7) is 1.71. The first-order valence-corrected chi connectivity index (χ1v) is 6.24. The summed E-state index contributed by atoms with van der Waals surface area (Å²) in [5.41, 5.74) is 7.38. The van der Waals surface area contributed by atoms with Gasteiger partial charge in [0.25, 0.3) is 0 Å². The average molecular weight is 266 g/mol. The van der Waals surface area contributed by atoms with Crippen LogP contribution in [-0.4, -0.2) is 21.4 Å². The Morgan fingerprint density at radius 2 is 2.33 bits per heavy atom.